The standard InChI is InChI=1S/2C20H38O2.Mg/c2*1-2-3-4-5-6-7-8-9-10-11-12-13-14-15-16-17-18-19-20(21)22;/h2*18-19H,2-17H2,1H3,(H,21,22);/q;;+2/p-2. The third-order valence-corrected chi connectivity index (χ3v) is 8.46. The minimum atomic E-state index is -1.08. The third-order valence-electron chi connectivity index (χ3n) is 8.46. The molecule has 0 saturated heterocycles. The summed E-state index contributed by atoms with van der Waals surface area (Å²) in [5.41, 5.74) is 0. The van der Waals surface area contributed by atoms with Crippen molar-refractivity contribution in [2.24, 2.45) is 0 Å². The molecular weight excluding hydrogens is 569 g/mol. The first-order chi connectivity index (χ1) is 21.5. The van der Waals surface area contributed by atoms with E-state index < -0.39 is 11.9 Å². The summed E-state index contributed by atoms with van der Waals surface area (Å²) in [5, 5.41) is 20.3. The van der Waals surface area contributed by atoms with Gasteiger partial charge in [-0.1, -0.05) is 206 Å². The van der Waals surface area contributed by atoms with E-state index >= 15 is 0 Å². The monoisotopic (exact) mass is 643 g/mol. The van der Waals surface area contributed by atoms with Gasteiger partial charge >= 0.3 is 23.1 Å². The number of carboxylic acid groups (broad SMARTS) is 2. The Balaban J connectivity index is -0.000000767. The van der Waals surface area contributed by atoms with E-state index in [2.05, 4.69) is 13.8 Å². The van der Waals surface area contributed by atoms with Crippen LogP contribution in [0.25, 0.3) is 0 Å². The number of carboxylic acids is 2. The Morgan fingerprint density at radius 1 is 0.356 bits per heavy atom. The average molecular weight is 643 g/mol. The van der Waals surface area contributed by atoms with Gasteiger partial charge in [0, 0.05) is 0 Å². The molecule has 0 aliphatic carbocycles. The van der Waals surface area contributed by atoms with Crippen LogP contribution in [0.3, 0.4) is 0 Å². The molecule has 0 atom stereocenters. The van der Waals surface area contributed by atoms with Gasteiger partial charge < -0.3 is 19.8 Å². The Morgan fingerprint density at radius 3 is 0.711 bits per heavy atom. The summed E-state index contributed by atoms with van der Waals surface area (Å²) in [6.45, 7) is 4.54. The van der Waals surface area contributed by atoms with Gasteiger partial charge in [0.1, 0.15) is 0 Å². The number of allylic oxidation sites excluding steroid dienone is 2. The van der Waals surface area contributed by atoms with Crippen molar-refractivity contribution in [2.45, 2.75) is 219 Å². The number of unbranched alkanes of at least 4 members (excludes halogenated alkanes) is 30. The first-order valence-corrected chi connectivity index (χ1v) is 19.3. The first-order valence-electron chi connectivity index (χ1n) is 19.3. The SMILES string of the molecule is CCCCCCCCCCCCCCCCCC=CC(=O)[O-].CCCCCCCCCCCCCCCCCC=CC(=O)[O-].[Mg+2]. The number of rotatable bonds is 34. The first kappa shape index (κ1) is 48.6. The van der Waals surface area contributed by atoms with Gasteiger partial charge in [-0.15, -0.1) is 0 Å². The molecule has 0 fully saturated rings. The van der Waals surface area contributed by atoms with E-state index in [1.165, 1.54) is 180 Å². The molecule has 0 rings (SSSR count). The average Bonchev–Trinajstić information content (AvgIpc) is 3.00. The Hall–Kier alpha value is -0.814. The van der Waals surface area contributed by atoms with E-state index in [0.717, 1.165) is 37.8 Å². The summed E-state index contributed by atoms with van der Waals surface area (Å²) in [6, 6.07) is 0. The Kier molecular flexibility index (Phi) is 48.9. The summed E-state index contributed by atoms with van der Waals surface area (Å²) < 4.78 is 0. The van der Waals surface area contributed by atoms with Crippen LogP contribution in [0.1, 0.15) is 219 Å². The topological polar surface area (TPSA) is 80.3 Å². The smallest absolute Gasteiger partial charge is 0.545 e. The van der Waals surface area contributed by atoms with Gasteiger partial charge in [-0.05, 0) is 37.8 Å². The van der Waals surface area contributed by atoms with Crippen molar-refractivity contribution in [1.29, 1.82) is 0 Å². The summed E-state index contributed by atoms with van der Waals surface area (Å²) in [6.07, 6.45) is 48.3. The number of carbonyl (C=O) groups excluding carboxylic acids is 2. The second-order valence-corrected chi connectivity index (χ2v) is 12.9. The summed E-state index contributed by atoms with van der Waals surface area (Å²) in [7, 11) is 0. The molecule has 4 nitrogen and oxygen atoms in total. The zero-order valence-electron chi connectivity index (χ0n) is 30.3. The molecule has 0 aliphatic heterocycles. The zero-order chi connectivity index (χ0) is 32.6. The summed E-state index contributed by atoms with van der Waals surface area (Å²) in [5.74, 6) is -2.16. The second-order valence-electron chi connectivity index (χ2n) is 12.9. The van der Waals surface area contributed by atoms with Gasteiger partial charge in [0.15, 0.2) is 0 Å². The number of hydrogen-bond donors (Lipinski definition) is 0. The second kappa shape index (κ2) is 45.3. The van der Waals surface area contributed by atoms with Crippen LogP contribution in [0.2, 0.25) is 0 Å². The fraction of sp³-hybridized carbons (Fsp3) is 0.850. The van der Waals surface area contributed by atoms with Crippen LogP contribution in [0, 0.1) is 0 Å². The molecule has 260 valence electrons. The van der Waals surface area contributed by atoms with Crippen molar-refractivity contribution in [3.63, 3.8) is 0 Å². The van der Waals surface area contributed by atoms with E-state index in [4.69, 9.17) is 0 Å². The van der Waals surface area contributed by atoms with Crippen LogP contribution in [0.5, 0.6) is 0 Å². The van der Waals surface area contributed by atoms with E-state index in [0.29, 0.717) is 0 Å². The molecule has 0 bridgehead atoms. The minimum absolute atomic E-state index is 0. The van der Waals surface area contributed by atoms with Crippen molar-refractivity contribution >= 4 is 35.0 Å². The Morgan fingerprint density at radius 2 is 0.533 bits per heavy atom. The molecular formula is C40H74MgO4. The normalized spacial score (nSPS) is 11.1. The van der Waals surface area contributed by atoms with Gasteiger partial charge in [-0.2, -0.15) is 0 Å². The molecule has 0 unspecified atom stereocenters. The predicted octanol–water partition coefficient (Wildman–Crippen LogP) is 10.7. The maximum absolute atomic E-state index is 10.2. The van der Waals surface area contributed by atoms with Crippen LogP contribution in [0.4, 0.5) is 0 Å². The van der Waals surface area contributed by atoms with Crippen LogP contribution >= 0.6 is 0 Å². The molecule has 0 saturated carbocycles. The molecule has 0 aromatic rings. The van der Waals surface area contributed by atoms with E-state index in [9.17, 15) is 19.8 Å². The molecule has 0 radical (unpaired) electrons. The maximum atomic E-state index is 10.2. The van der Waals surface area contributed by atoms with E-state index in [1.54, 1.807) is 12.2 Å². The zero-order valence-corrected chi connectivity index (χ0v) is 31.7. The van der Waals surface area contributed by atoms with Gasteiger partial charge in [0.05, 0.1) is 11.9 Å². The van der Waals surface area contributed by atoms with Crippen LogP contribution in [-0.4, -0.2) is 35.0 Å². The van der Waals surface area contributed by atoms with Gasteiger partial charge in [-0.25, -0.2) is 0 Å². The number of carbonyl (C=O) groups is 2. The fourth-order valence-corrected chi connectivity index (χ4v) is 5.63. The molecule has 0 heterocycles. The van der Waals surface area contributed by atoms with Crippen LogP contribution < -0.4 is 10.2 Å². The molecule has 0 spiro atoms. The predicted molar refractivity (Wildman–Crippen MR) is 193 cm³/mol. The van der Waals surface area contributed by atoms with E-state index in [-0.39, 0.29) is 23.1 Å². The fourth-order valence-electron chi connectivity index (χ4n) is 5.63. The molecule has 0 aromatic heterocycles. The van der Waals surface area contributed by atoms with Crippen molar-refractivity contribution in [3.05, 3.63) is 24.3 Å². The quantitative estimate of drug-likeness (QED) is 0.0397. The largest absolute Gasteiger partial charge is 2.00 e. The third kappa shape index (κ3) is 53.0. The minimum Gasteiger partial charge on any atom is -0.545 e. The Labute approximate surface area is 297 Å². The van der Waals surface area contributed by atoms with E-state index in [1.807, 2.05) is 0 Å². The van der Waals surface area contributed by atoms with Gasteiger partial charge in [0.2, 0.25) is 0 Å². The van der Waals surface area contributed by atoms with Crippen molar-refractivity contribution < 1.29 is 19.8 Å². The summed E-state index contributed by atoms with van der Waals surface area (Å²) in [4.78, 5) is 20.3. The van der Waals surface area contributed by atoms with Crippen molar-refractivity contribution in [3.8, 4) is 0 Å². The van der Waals surface area contributed by atoms with Crippen molar-refractivity contribution in [2.75, 3.05) is 0 Å². The molecule has 0 N–H and O–H groups in total. The molecule has 5 heteroatoms. The maximum Gasteiger partial charge on any atom is 2.00 e. The van der Waals surface area contributed by atoms with Crippen molar-refractivity contribution in [1.82, 2.24) is 0 Å². The molecule has 0 amide bonds. The molecule has 0 aliphatic rings. The molecule has 0 aromatic carbocycles. The number of hydrogen-bond acceptors (Lipinski definition) is 4. The van der Waals surface area contributed by atoms with Gasteiger partial charge in [-0.3, -0.25) is 0 Å². The Bertz CT molecular complexity index is 578. The van der Waals surface area contributed by atoms with Crippen LogP contribution in [0.15, 0.2) is 24.3 Å². The van der Waals surface area contributed by atoms with Crippen LogP contribution in [-0.2, 0) is 9.59 Å². The summed E-state index contributed by atoms with van der Waals surface area (Å²) >= 11 is 0. The molecule has 45 heavy (non-hydrogen) atoms. The number of aliphatic carboxylic acids is 2. The van der Waals surface area contributed by atoms with Gasteiger partial charge in [0.25, 0.3) is 0 Å².